The summed E-state index contributed by atoms with van der Waals surface area (Å²) in [5.41, 5.74) is 0. The van der Waals surface area contributed by atoms with E-state index in [2.05, 4.69) is 38.8 Å². The van der Waals surface area contributed by atoms with Crippen molar-refractivity contribution in [1.29, 1.82) is 0 Å². The summed E-state index contributed by atoms with van der Waals surface area (Å²) in [7, 11) is 0. The van der Waals surface area contributed by atoms with Gasteiger partial charge in [0.1, 0.15) is 5.76 Å². The first-order valence-electron chi connectivity index (χ1n) is 3.52. The Labute approximate surface area is 83.4 Å². The zero-order chi connectivity index (χ0) is 8.27. The summed E-state index contributed by atoms with van der Waals surface area (Å²) in [6.45, 7) is 2.19. The SMILES string of the molecule is CC(CBr)Cc1ccc(Br)o1. The second-order valence-electron chi connectivity index (χ2n) is 2.67. The molecule has 0 fully saturated rings. The summed E-state index contributed by atoms with van der Waals surface area (Å²) >= 11 is 6.69. The Kier molecular flexibility index (Phi) is 3.66. The lowest BCUT2D eigenvalue weighted by molar-refractivity contribution is 0.459. The van der Waals surface area contributed by atoms with Crippen LogP contribution in [0.25, 0.3) is 0 Å². The van der Waals surface area contributed by atoms with Crippen LogP contribution < -0.4 is 0 Å². The van der Waals surface area contributed by atoms with E-state index < -0.39 is 0 Å². The minimum Gasteiger partial charge on any atom is -0.454 e. The minimum atomic E-state index is 0.632. The molecule has 1 rings (SSSR count). The average molecular weight is 282 g/mol. The predicted octanol–water partition coefficient (Wildman–Crippen LogP) is 3.62. The quantitative estimate of drug-likeness (QED) is 0.772. The molecule has 0 aromatic carbocycles. The van der Waals surface area contributed by atoms with Crippen LogP contribution in [0.5, 0.6) is 0 Å². The van der Waals surface area contributed by atoms with Crippen molar-refractivity contribution >= 4 is 31.9 Å². The third-order valence-corrected chi connectivity index (χ3v) is 2.97. The summed E-state index contributed by atoms with van der Waals surface area (Å²) in [4.78, 5) is 0. The van der Waals surface area contributed by atoms with Crippen LogP contribution in [-0.2, 0) is 6.42 Å². The van der Waals surface area contributed by atoms with Gasteiger partial charge in [-0.15, -0.1) is 0 Å². The Hall–Kier alpha value is 0.240. The molecular weight excluding hydrogens is 272 g/mol. The van der Waals surface area contributed by atoms with Crippen LogP contribution in [0.2, 0.25) is 0 Å². The van der Waals surface area contributed by atoms with Gasteiger partial charge in [-0.3, -0.25) is 0 Å². The van der Waals surface area contributed by atoms with Crippen LogP contribution in [0.4, 0.5) is 0 Å². The predicted molar refractivity (Wildman–Crippen MR) is 53.1 cm³/mol. The standard InChI is InChI=1S/C8H10Br2O/c1-6(5-9)4-7-2-3-8(10)11-7/h2-3,6H,4-5H2,1H3. The number of furan rings is 1. The van der Waals surface area contributed by atoms with Crippen LogP contribution in [0.3, 0.4) is 0 Å². The lowest BCUT2D eigenvalue weighted by Crippen LogP contribution is -1.98. The maximum Gasteiger partial charge on any atom is 0.169 e. The van der Waals surface area contributed by atoms with Gasteiger partial charge in [-0.05, 0) is 34.0 Å². The van der Waals surface area contributed by atoms with Gasteiger partial charge in [0.2, 0.25) is 0 Å². The molecule has 1 aromatic rings. The molecule has 0 bridgehead atoms. The molecule has 1 atom stereocenters. The number of rotatable bonds is 3. The molecule has 1 heterocycles. The number of alkyl halides is 1. The van der Waals surface area contributed by atoms with E-state index in [1.165, 1.54) is 0 Å². The van der Waals surface area contributed by atoms with E-state index in [1.54, 1.807) is 0 Å². The van der Waals surface area contributed by atoms with Crippen molar-refractivity contribution in [3.63, 3.8) is 0 Å². The molecule has 11 heavy (non-hydrogen) atoms. The molecule has 1 nitrogen and oxygen atoms in total. The smallest absolute Gasteiger partial charge is 0.169 e. The zero-order valence-electron chi connectivity index (χ0n) is 6.31. The summed E-state index contributed by atoms with van der Waals surface area (Å²) in [5.74, 6) is 1.68. The van der Waals surface area contributed by atoms with Crippen LogP contribution in [0.1, 0.15) is 12.7 Å². The fourth-order valence-corrected chi connectivity index (χ4v) is 1.43. The number of hydrogen-bond donors (Lipinski definition) is 0. The van der Waals surface area contributed by atoms with Gasteiger partial charge in [0.25, 0.3) is 0 Å². The highest BCUT2D eigenvalue weighted by molar-refractivity contribution is 9.10. The Bertz CT molecular complexity index is 220. The lowest BCUT2D eigenvalue weighted by atomic mass is 10.1. The van der Waals surface area contributed by atoms with E-state index in [0.29, 0.717) is 5.92 Å². The first kappa shape index (κ1) is 9.33. The van der Waals surface area contributed by atoms with Crippen molar-refractivity contribution in [2.24, 2.45) is 5.92 Å². The van der Waals surface area contributed by atoms with Crippen molar-refractivity contribution in [2.45, 2.75) is 13.3 Å². The minimum absolute atomic E-state index is 0.632. The maximum atomic E-state index is 5.35. The molecule has 0 aliphatic heterocycles. The molecule has 0 aliphatic carbocycles. The number of hydrogen-bond acceptors (Lipinski definition) is 1. The summed E-state index contributed by atoms with van der Waals surface area (Å²) < 4.78 is 6.17. The molecule has 1 unspecified atom stereocenters. The average Bonchev–Trinajstić information content (AvgIpc) is 2.35. The van der Waals surface area contributed by atoms with Gasteiger partial charge in [0.05, 0.1) is 0 Å². The fourth-order valence-electron chi connectivity index (χ4n) is 0.859. The molecule has 0 aliphatic rings. The Morgan fingerprint density at radius 1 is 1.55 bits per heavy atom. The third kappa shape index (κ3) is 2.99. The highest BCUT2D eigenvalue weighted by Crippen LogP contribution is 2.17. The largest absolute Gasteiger partial charge is 0.454 e. The summed E-state index contributed by atoms with van der Waals surface area (Å²) in [6, 6.07) is 3.93. The van der Waals surface area contributed by atoms with Gasteiger partial charge in [-0.2, -0.15) is 0 Å². The first-order valence-corrected chi connectivity index (χ1v) is 5.44. The van der Waals surface area contributed by atoms with E-state index in [1.807, 2.05) is 12.1 Å². The Morgan fingerprint density at radius 2 is 2.27 bits per heavy atom. The second kappa shape index (κ2) is 4.31. The molecule has 62 valence electrons. The van der Waals surface area contributed by atoms with Gasteiger partial charge in [0, 0.05) is 11.8 Å². The van der Waals surface area contributed by atoms with E-state index in [0.717, 1.165) is 22.2 Å². The van der Waals surface area contributed by atoms with E-state index in [9.17, 15) is 0 Å². The highest BCUT2D eigenvalue weighted by Gasteiger charge is 2.04. The van der Waals surface area contributed by atoms with Gasteiger partial charge in [0.15, 0.2) is 4.67 Å². The lowest BCUT2D eigenvalue weighted by Gasteiger charge is -2.02. The van der Waals surface area contributed by atoms with Crippen molar-refractivity contribution in [3.8, 4) is 0 Å². The third-order valence-electron chi connectivity index (χ3n) is 1.44. The zero-order valence-corrected chi connectivity index (χ0v) is 9.48. The molecule has 0 saturated carbocycles. The van der Waals surface area contributed by atoms with Gasteiger partial charge in [-0.1, -0.05) is 22.9 Å². The van der Waals surface area contributed by atoms with Gasteiger partial charge < -0.3 is 4.42 Å². The fraction of sp³-hybridized carbons (Fsp3) is 0.500. The van der Waals surface area contributed by atoms with Crippen molar-refractivity contribution < 1.29 is 4.42 Å². The molecular formula is C8H10Br2O. The monoisotopic (exact) mass is 280 g/mol. The highest BCUT2D eigenvalue weighted by atomic mass is 79.9. The molecule has 0 spiro atoms. The maximum absolute atomic E-state index is 5.35. The molecule has 0 saturated heterocycles. The summed E-state index contributed by atoms with van der Waals surface area (Å²) in [6.07, 6.45) is 0.997. The molecule has 0 amide bonds. The second-order valence-corrected chi connectivity index (χ2v) is 4.10. The Balaban J connectivity index is 2.50. The molecule has 1 aromatic heterocycles. The van der Waals surface area contributed by atoms with E-state index >= 15 is 0 Å². The number of halogens is 2. The molecule has 0 radical (unpaired) electrons. The molecule has 0 N–H and O–H groups in total. The molecule has 3 heteroatoms. The first-order chi connectivity index (χ1) is 5.22. The van der Waals surface area contributed by atoms with Crippen LogP contribution in [0.15, 0.2) is 21.2 Å². The Morgan fingerprint density at radius 3 is 2.73 bits per heavy atom. The topological polar surface area (TPSA) is 13.1 Å². The normalized spacial score (nSPS) is 13.4. The van der Waals surface area contributed by atoms with Crippen LogP contribution >= 0.6 is 31.9 Å². The van der Waals surface area contributed by atoms with E-state index in [4.69, 9.17) is 4.42 Å². The van der Waals surface area contributed by atoms with Gasteiger partial charge in [-0.25, -0.2) is 0 Å². The van der Waals surface area contributed by atoms with Crippen LogP contribution in [-0.4, -0.2) is 5.33 Å². The van der Waals surface area contributed by atoms with Crippen molar-refractivity contribution in [2.75, 3.05) is 5.33 Å². The summed E-state index contributed by atoms with van der Waals surface area (Å²) in [5, 5.41) is 1.02. The van der Waals surface area contributed by atoms with Gasteiger partial charge >= 0.3 is 0 Å². The van der Waals surface area contributed by atoms with Crippen molar-refractivity contribution in [1.82, 2.24) is 0 Å². The van der Waals surface area contributed by atoms with Crippen molar-refractivity contribution in [3.05, 3.63) is 22.6 Å². The van der Waals surface area contributed by atoms with Crippen LogP contribution in [0, 0.1) is 5.92 Å². The van der Waals surface area contributed by atoms with E-state index in [-0.39, 0.29) is 0 Å².